The zero-order valence-electron chi connectivity index (χ0n) is 19.4. The highest BCUT2D eigenvalue weighted by atomic mass is 32.2. The average molecular weight is 480 g/mol. The highest BCUT2D eigenvalue weighted by molar-refractivity contribution is 7.92. The molecule has 2 fully saturated rings. The summed E-state index contributed by atoms with van der Waals surface area (Å²) in [7, 11) is -3.74. The second kappa shape index (κ2) is 9.17. The molecule has 0 radical (unpaired) electrons. The van der Waals surface area contributed by atoms with Gasteiger partial charge in [0.25, 0.3) is 5.91 Å². The second-order valence-electron chi connectivity index (χ2n) is 9.52. The van der Waals surface area contributed by atoms with E-state index in [2.05, 4.69) is 0 Å². The number of piperidine rings is 2. The van der Waals surface area contributed by atoms with Gasteiger partial charge in [-0.3, -0.25) is 9.59 Å². The number of nitrogens with two attached hydrogens (primary N) is 1. The Morgan fingerprint density at radius 3 is 2.03 bits per heavy atom. The molecule has 0 aromatic heterocycles. The number of benzene rings is 1. The van der Waals surface area contributed by atoms with Gasteiger partial charge in [-0.1, -0.05) is 0 Å². The molecule has 0 atom stereocenters. The fraction of sp³-hybridized carbons (Fsp3) is 0.565. The van der Waals surface area contributed by atoms with Gasteiger partial charge in [0.05, 0.1) is 5.60 Å². The molecule has 0 saturated carbocycles. The van der Waals surface area contributed by atoms with Crippen molar-refractivity contribution in [3.05, 3.63) is 39.8 Å². The fourth-order valence-electron chi connectivity index (χ4n) is 4.33. The molecule has 0 unspecified atom stereocenters. The number of carboxylic acids is 1. The van der Waals surface area contributed by atoms with Gasteiger partial charge in [0.15, 0.2) is 0 Å². The summed E-state index contributed by atoms with van der Waals surface area (Å²) >= 11 is 0. The lowest BCUT2D eigenvalue weighted by Gasteiger charge is -2.36. The van der Waals surface area contributed by atoms with Crippen LogP contribution in [0.1, 0.15) is 59.7 Å². The van der Waals surface area contributed by atoms with E-state index in [9.17, 15) is 28.2 Å². The molecular weight excluding hydrogens is 446 g/mol. The highest BCUT2D eigenvalue weighted by Gasteiger charge is 2.40. The molecule has 2 heterocycles. The van der Waals surface area contributed by atoms with Crippen LogP contribution in [0.3, 0.4) is 0 Å². The summed E-state index contributed by atoms with van der Waals surface area (Å²) in [6.45, 7) is 6.51. The summed E-state index contributed by atoms with van der Waals surface area (Å²) < 4.78 is 26.8. The maximum atomic E-state index is 12.9. The molecule has 2 aliphatic rings. The summed E-state index contributed by atoms with van der Waals surface area (Å²) in [5.74, 6) is -1.22. The Bertz CT molecular complexity index is 1040. The first-order valence-corrected chi connectivity index (χ1v) is 12.6. The molecule has 0 spiro atoms. The standard InChI is InChI=1S/C23H33N3O6S/c1-16-14-18(20(27)25-9-5-22(3,30)6-10-25)15-17(2)19(16)4-13-33(31,32)26-11-7-23(24,8-12-26)21(28)29/h4,13-15,30H,5-12,24H2,1-3H3,(H,28,29)/b13-4+. The highest BCUT2D eigenvalue weighted by Crippen LogP contribution is 2.26. The first kappa shape index (κ1) is 25.4. The molecule has 2 aliphatic heterocycles. The number of sulfonamides is 1. The van der Waals surface area contributed by atoms with Crippen LogP contribution in [0, 0.1) is 13.8 Å². The molecule has 0 aliphatic carbocycles. The Morgan fingerprint density at radius 2 is 1.55 bits per heavy atom. The first-order valence-electron chi connectivity index (χ1n) is 11.1. The molecule has 0 bridgehead atoms. The normalized spacial score (nSPS) is 21.3. The number of hydrogen-bond acceptors (Lipinski definition) is 6. The lowest BCUT2D eigenvalue weighted by atomic mass is 9.90. The minimum atomic E-state index is -3.74. The maximum absolute atomic E-state index is 12.9. The van der Waals surface area contributed by atoms with E-state index >= 15 is 0 Å². The van der Waals surface area contributed by atoms with E-state index < -0.39 is 27.1 Å². The summed E-state index contributed by atoms with van der Waals surface area (Å²) in [4.78, 5) is 25.9. The van der Waals surface area contributed by atoms with E-state index in [1.165, 1.54) is 10.4 Å². The number of aryl methyl sites for hydroxylation is 2. The van der Waals surface area contributed by atoms with E-state index in [-0.39, 0.29) is 31.8 Å². The molecule has 4 N–H and O–H groups in total. The third kappa shape index (κ3) is 5.63. The number of amides is 1. The van der Waals surface area contributed by atoms with Crippen molar-refractivity contribution in [2.24, 2.45) is 5.73 Å². The van der Waals surface area contributed by atoms with Crippen molar-refractivity contribution in [1.29, 1.82) is 0 Å². The maximum Gasteiger partial charge on any atom is 0.323 e. The van der Waals surface area contributed by atoms with Crippen molar-refractivity contribution in [3.63, 3.8) is 0 Å². The van der Waals surface area contributed by atoms with E-state index in [1.807, 2.05) is 13.8 Å². The van der Waals surface area contributed by atoms with Crippen molar-refractivity contribution in [3.8, 4) is 0 Å². The number of carbonyl (C=O) groups excluding carboxylic acids is 1. The van der Waals surface area contributed by atoms with Gasteiger partial charge in [-0.2, -0.15) is 4.31 Å². The predicted molar refractivity (Wildman–Crippen MR) is 125 cm³/mol. The van der Waals surface area contributed by atoms with Gasteiger partial charge in [0, 0.05) is 37.2 Å². The van der Waals surface area contributed by atoms with Crippen molar-refractivity contribution in [2.45, 2.75) is 57.6 Å². The van der Waals surface area contributed by atoms with Crippen LogP contribution in [0.25, 0.3) is 6.08 Å². The number of nitrogens with zero attached hydrogens (tertiary/aromatic N) is 2. The van der Waals surface area contributed by atoms with Crippen LogP contribution in [0.5, 0.6) is 0 Å². The van der Waals surface area contributed by atoms with Crippen LogP contribution in [0.4, 0.5) is 0 Å². The zero-order chi connectivity index (χ0) is 24.6. The topological polar surface area (TPSA) is 141 Å². The zero-order valence-corrected chi connectivity index (χ0v) is 20.2. The Balaban J connectivity index is 1.73. The minimum absolute atomic E-state index is 0.0452. The summed E-state index contributed by atoms with van der Waals surface area (Å²) in [5.41, 5.74) is 6.51. The van der Waals surface area contributed by atoms with Crippen LogP contribution in [0.15, 0.2) is 17.5 Å². The number of aliphatic carboxylic acids is 1. The van der Waals surface area contributed by atoms with Crippen molar-refractivity contribution in [1.82, 2.24) is 9.21 Å². The van der Waals surface area contributed by atoms with E-state index in [4.69, 9.17) is 5.73 Å². The van der Waals surface area contributed by atoms with Crippen LogP contribution in [0.2, 0.25) is 0 Å². The quantitative estimate of drug-likeness (QED) is 0.581. The van der Waals surface area contributed by atoms with Crippen LogP contribution < -0.4 is 5.73 Å². The molecule has 2 saturated heterocycles. The minimum Gasteiger partial charge on any atom is -0.480 e. The smallest absolute Gasteiger partial charge is 0.323 e. The van der Waals surface area contributed by atoms with Crippen LogP contribution in [-0.2, 0) is 14.8 Å². The summed E-state index contributed by atoms with van der Waals surface area (Å²) in [5, 5.41) is 20.5. The molecule has 1 aromatic carbocycles. The van der Waals surface area contributed by atoms with Crippen molar-refractivity contribution >= 4 is 28.0 Å². The van der Waals surface area contributed by atoms with E-state index in [1.54, 1.807) is 24.0 Å². The van der Waals surface area contributed by atoms with Crippen LogP contribution >= 0.6 is 0 Å². The molecule has 9 nitrogen and oxygen atoms in total. The number of hydrogen-bond donors (Lipinski definition) is 3. The number of rotatable bonds is 5. The molecule has 3 rings (SSSR count). The van der Waals surface area contributed by atoms with Gasteiger partial charge in [-0.25, -0.2) is 8.42 Å². The molecule has 10 heteroatoms. The summed E-state index contributed by atoms with van der Waals surface area (Å²) in [6.07, 6.45) is 2.69. The van der Waals surface area contributed by atoms with Crippen LogP contribution in [-0.4, -0.2) is 77.0 Å². The van der Waals surface area contributed by atoms with E-state index in [0.29, 0.717) is 37.1 Å². The second-order valence-corrected chi connectivity index (χ2v) is 11.3. The Labute approximate surface area is 194 Å². The van der Waals surface area contributed by atoms with Gasteiger partial charge in [-0.05, 0) is 81.4 Å². The van der Waals surface area contributed by atoms with Gasteiger partial charge >= 0.3 is 5.97 Å². The van der Waals surface area contributed by atoms with E-state index in [0.717, 1.165) is 16.5 Å². The molecule has 1 amide bonds. The fourth-order valence-corrected chi connectivity index (χ4v) is 5.50. The molecular formula is C23H33N3O6S. The number of carboxylic acid groups (broad SMARTS) is 1. The summed E-state index contributed by atoms with van der Waals surface area (Å²) in [6, 6.07) is 3.51. The largest absolute Gasteiger partial charge is 0.480 e. The molecule has 33 heavy (non-hydrogen) atoms. The third-order valence-corrected chi connectivity index (χ3v) is 8.34. The Hall–Kier alpha value is -2.27. The van der Waals surface area contributed by atoms with Crippen molar-refractivity contribution < 1.29 is 28.2 Å². The van der Waals surface area contributed by atoms with Gasteiger partial charge in [-0.15, -0.1) is 0 Å². The number of likely N-dealkylation sites (tertiary alicyclic amines) is 1. The number of aliphatic hydroxyl groups is 1. The third-order valence-electron chi connectivity index (χ3n) is 6.78. The van der Waals surface area contributed by atoms with Gasteiger partial charge < -0.3 is 20.8 Å². The number of carbonyl (C=O) groups is 2. The predicted octanol–water partition coefficient (Wildman–Crippen LogP) is 1.47. The molecule has 1 aromatic rings. The molecule has 182 valence electrons. The Kier molecular flexibility index (Phi) is 7.05. The van der Waals surface area contributed by atoms with Gasteiger partial charge in [0.2, 0.25) is 10.0 Å². The lowest BCUT2D eigenvalue weighted by Crippen LogP contribution is -2.56. The Morgan fingerprint density at radius 1 is 1.03 bits per heavy atom. The lowest BCUT2D eigenvalue weighted by molar-refractivity contribution is -0.144. The SMILES string of the molecule is Cc1cc(C(=O)N2CCC(C)(O)CC2)cc(C)c1/C=C/S(=O)(=O)N1CCC(N)(C(=O)O)CC1. The van der Waals surface area contributed by atoms with Gasteiger partial charge in [0.1, 0.15) is 5.54 Å². The monoisotopic (exact) mass is 479 g/mol. The first-order chi connectivity index (χ1) is 15.2. The van der Waals surface area contributed by atoms with Crippen molar-refractivity contribution in [2.75, 3.05) is 26.2 Å². The average Bonchev–Trinajstić information content (AvgIpc) is 2.72.